The van der Waals surface area contributed by atoms with Crippen LogP contribution < -0.4 is 15.5 Å². The number of nitrogens with zero attached hydrogens (tertiary/aromatic N) is 1. The molecule has 3 aromatic rings. The van der Waals surface area contributed by atoms with Crippen LogP contribution in [0.5, 0.6) is 0 Å². The molecule has 1 unspecified atom stereocenters. The maximum Gasteiger partial charge on any atom is 0.243 e. The monoisotopic (exact) mass is 469 g/mol. The normalized spacial score (nSPS) is 18.9. The number of Topliss-reactive ketones (excluding diaryl/α,β-unsaturated/α-hetero) is 1. The van der Waals surface area contributed by atoms with Gasteiger partial charge in [0.05, 0.1) is 24.2 Å². The lowest BCUT2D eigenvalue weighted by Gasteiger charge is -2.36. The van der Waals surface area contributed by atoms with Gasteiger partial charge in [-0.15, -0.1) is 0 Å². The van der Waals surface area contributed by atoms with Crippen LogP contribution in [0, 0.1) is 19.3 Å². The minimum absolute atomic E-state index is 0.0604. The van der Waals surface area contributed by atoms with E-state index in [-0.39, 0.29) is 23.7 Å². The Balaban J connectivity index is 1.60. The number of fused-ring (bicyclic) bond motifs is 1. The van der Waals surface area contributed by atoms with E-state index < -0.39 is 6.04 Å². The van der Waals surface area contributed by atoms with Gasteiger partial charge in [-0.05, 0) is 67.1 Å². The van der Waals surface area contributed by atoms with Gasteiger partial charge in [0.2, 0.25) is 5.91 Å². The fourth-order valence-electron chi connectivity index (χ4n) is 5.18. The molecule has 6 nitrogen and oxygen atoms in total. The van der Waals surface area contributed by atoms with E-state index in [1.165, 1.54) is 0 Å². The average Bonchev–Trinajstić information content (AvgIpc) is 3.27. The number of hydrogen-bond donors (Lipinski definition) is 2. The van der Waals surface area contributed by atoms with Gasteiger partial charge in [0.1, 0.15) is 11.8 Å². The summed E-state index contributed by atoms with van der Waals surface area (Å²) in [6, 6.07) is 17.1. The molecule has 1 amide bonds. The summed E-state index contributed by atoms with van der Waals surface area (Å²) in [6.07, 6.45) is 2.80. The highest BCUT2D eigenvalue weighted by Gasteiger charge is 2.42. The first-order valence-electron chi connectivity index (χ1n) is 12.0. The first-order valence-corrected chi connectivity index (χ1v) is 12.0. The molecule has 1 aliphatic heterocycles. The summed E-state index contributed by atoms with van der Waals surface area (Å²) >= 11 is 0. The van der Waals surface area contributed by atoms with Crippen LogP contribution in [0.3, 0.4) is 0 Å². The molecular weight excluding hydrogens is 438 g/mol. The number of benzene rings is 2. The van der Waals surface area contributed by atoms with Crippen molar-refractivity contribution in [3.63, 3.8) is 0 Å². The molecule has 2 aliphatic rings. The topological polar surface area (TPSA) is 74.6 Å². The van der Waals surface area contributed by atoms with Gasteiger partial charge in [0, 0.05) is 23.4 Å². The van der Waals surface area contributed by atoms with Crippen LogP contribution in [0.2, 0.25) is 0 Å². The Morgan fingerprint density at radius 2 is 1.91 bits per heavy atom. The molecule has 2 heterocycles. The Bertz CT molecular complexity index is 1320. The smallest absolute Gasteiger partial charge is 0.243 e. The minimum atomic E-state index is -0.510. The lowest BCUT2D eigenvalue weighted by atomic mass is 9.74. The van der Waals surface area contributed by atoms with Gasteiger partial charge >= 0.3 is 0 Å². The van der Waals surface area contributed by atoms with Crippen molar-refractivity contribution in [3.8, 4) is 0 Å². The Labute approximate surface area is 206 Å². The molecule has 180 valence electrons. The van der Waals surface area contributed by atoms with Gasteiger partial charge in [-0.3, -0.25) is 9.59 Å². The van der Waals surface area contributed by atoms with Crippen LogP contribution >= 0.6 is 0 Å². The highest BCUT2D eigenvalue weighted by molar-refractivity contribution is 6.02. The lowest BCUT2D eigenvalue weighted by Crippen LogP contribution is -2.40. The third kappa shape index (κ3) is 4.48. The zero-order valence-corrected chi connectivity index (χ0v) is 20.6. The number of rotatable bonds is 4. The molecule has 1 aromatic heterocycles. The van der Waals surface area contributed by atoms with Crippen molar-refractivity contribution in [3.05, 3.63) is 89.0 Å². The minimum Gasteiger partial charge on any atom is -0.467 e. The van der Waals surface area contributed by atoms with Crippen LogP contribution in [0.1, 0.15) is 49.6 Å². The van der Waals surface area contributed by atoms with Crippen molar-refractivity contribution in [2.24, 2.45) is 5.41 Å². The van der Waals surface area contributed by atoms with Crippen molar-refractivity contribution >= 4 is 28.8 Å². The second kappa shape index (κ2) is 8.77. The summed E-state index contributed by atoms with van der Waals surface area (Å²) in [5.41, 5.74) is 6.02. The summed E-state index contributed by atoms with van der Waals surface area (Å²) in [4.78, 5) is 29.0. The van der Waals surface area contributed by atoms with Crippen LogP contribution in [0.15, 0.2) is 76.5 Å². The molecule has 0 saturated carbocycles. The molecule has 0 fully saturated rings. The third-order valence-corrected chi connectivity index (χ3v) is 6.80. The lowest BCUT2D eigenvalue weighted by molar-refractivity contribution is -0.119. The number of ketones is 1. The molecule has 2 aromatic carbocycles. The van der Waals surface area contributed by atoms with Gasteiger partial charge < -0.3 is 20.0 Å². The Kier molecular flexibility index (Phi) is 5.75. The number of carbonyl (C=O) groups is 2. The van der Waals surface area contributed by atoms with Gasteiger partial charge in [0.25, 0.3) is 0 Å². The molecular formula is C29H31N3O3. The summed E-state index contributed by atoms with van der Waals surface area (Å²) in [7, 11) is 0. The highest BCUT2D eigenvalue weighted by Crippen LogP contribution is 2.48. The molecule has 0 radical (unpaired) electrons. The van der Waals surface area contributed by atoms with Crippen molar-refractivity contribution < 1.29 is 14.0 Å². The largest absolute Gasteiger partial charge is 0.467 e. The van der Waals surface area contributed by atoms with Crippen molar-refractivity contribution in [1.29, 1.82) is 0 Å². The number of hydrogen-bond acceptors (Lipinski definition) is 5. The van der Waals surface area contributed by atoms with E-state index in [9.17, 15) is 9.59 Å². The van der Waals surface area contributed by atoms with Crippen molar-refractivity contribution in [2.45, 2.75) is 46.6 Å². The number of furan rings is 1. The summed E-state index contributed by atoms with van der Waals surface area (Å²) < 4.78 is 5.87. The van der Waals surface area contributed by atoms with Crippen molar-refractivity contribution in [1.82, 2.24) is 0 Å². The number of para-hydroxylation sites is 2. The number of anilines is 3. The predicted octanol–water partition coefficient (Wildman–Crippen LogP) is 6.15. The molecule has 6 heteroatoms. The highest BCUT2D eigenvalue weighted by atomic mass is 16.3. The number of nitrogens with one attached hydrogen (secondary N) is 2. The number of amides is 1. The third-order valence-electron chi connectivity index (χ3n) is 6.80. The molecule has 0 saturated heterocycles. The maximum absolute atomic E-state index is 13.6. The van der Waals surface area contributed by atoms with E-state index in [2.05, 4.69) is 24.5 Å². The zero-order valence-electron chi connectivity index (χ0n) is 20.6. The Hall–Kier alpha value is -3.80. The molecule has 2 N–H and O–H groups in total. The van der Waals surface area contributed by atoms with E-state index >= 15 is 0 Å². The SMILES string of the molecule is Cc1ccc(C)c(NC(=O)CN2c3ccccc3NC3=C(C(=O)CC(C)(C)C3)C2c2ccco2)c1. The maximum atomic E-state index is 13.6. The molecule has 1 aliphatic carbocycles. The number of carbonyl (C=O) groups excluding carboxylic acids is 2. The second-order valence-corrected chi connectivity index (χ2v) is 10.4. The van der Waals surface area contributed by atoms with Gasteiger partial charge in [0.15, 0.2) is 5.78 Å². The average molecular weight is 470 g/mol. The van der Waals surface area contributed by atoms with Crippen LogP contribution in [0.4, 0.5) is 17.1 Å². The summed E-state index contributed by atoms with van der Waals surface area (Å²) in [5.74, 6) is 0.569. The van der Waals surface area contributed by atoms with Crippen LogP contribution in [-0.4, -0.2) is 18.2 Å². The van der Waals surface area contributed by atoms with Crippen LogP contribution in [0.25, 0.3) is 0 Å². The second-order valence-electron chi connectivity index (χ2n) is 10.4. The quantitative estimate of drug-likeness (QED) is 0.479. The van der Waals surface area contributed by atoms with E-state index in [0.29, 0.717) is 17.8 Å². The van der Waals surface area contributed by atoms with Gasteiger partial charge in [-0.2, -0.15) is 0 Å². The predicted molar refractivity (Wildman–Crippen MR) is 138 cm³/mol. The van der Waals surface area contributed by atoms with Gasteiger partial charge in [-0.25, -0.2) is 0 Å². The fourth-order valence-corrected chi connectivity index (χ4v) is 5.18. The number of aryl methyl sites for hydroxylation is 2. The Morgan fingerprint density at radius 1 is 1.11 bits per heavy atom. The van der Waals surface area contributed by atoms with Crippen molar-refractivity contribution in [2.75, 3.05) is 22.1 Å². The van der Waals surface area contributed by atoms with E-state index in [1.54, 1.807) is 6.26 Å². The first-order chi connectivity index (χ1) is 16.7. The van der Waals surface area contributed by atoms with E-state index in [1.807, 2.05) is 73.3 Å². The molecule has 1 atom stereocenters. The standard InChI is InChI=1S/C29H31N3O3/c1-18-11-12-19(2)21(14-18)31-26(34)17-32-23-9-6-5-8-20(23)30-22-15-29(3,4)16-24(33)27(22)28(32)25-10-7-13-35-25/h5-14,28,30H,15-17H2,1-4H3,(H,31,34). The number of allylic oxidation sites excluding steroid dienone is 1. The Morgan fingerprint density at radius 3 is 2.69 bits per heavy atom. The molecule has 5 rings (SSSR count). The zero-order chi connectivity index (χ0) is 24.7. The van der Waals surface area contributed by atoms with E-state index in [4.69, 9.17) is 4.42 Å². The molecule has 35 heavy (non-hydrogen) atoms. The summed E-state index contributed by atoms with van der Waals surface area (Å²) in [5, 5.41) is 6.63. The molecule has 0 bridgehead atoms. The van der Waals surface area contributed by atoms with E-state index in [0.717, 1.165) is 40.3 Å². The molecule has 0 spiro atoms. The van der Waals surface area contributed by atoms with Gasteiger partial charge in [-0.1, -0.05) is 38.1 Å². The summed E-state index contributed by atoms with van der Waals surface area (Å²) in [6.45, 7) is 8.27. The van der Waals surface area contributed by atoms with Crippen LogP contribution in [-0.2, 0) is 9.59 Å². The first kappa shape index (κ1) is 23.0. The fraction of sp³-hybridized carbons (Fsp3) is 0.310.